The van der Waals surface area contributed by atoms with E-state index < -0.39 is 0 Å². The minimum atomic E-state index is -0.151. The maximum atomic E-state index is 12.9. The third kappa shape index (κ3) is 3.14. The SMILES string of the molecule is CCCc1cc([C@H]2CCCN2C(=O)c2cc(-c3ccccc3)no2)no1. The molecule has 6 nitrogen and oxygen atoms in total. The Kier molecular flexibility index (Phi) is 4.56. The van der Waals surface area contributed by atoms with Crippen LogP contribution < -0.4 is 0 Å². The highest BCUT2D eigenvalue weighted by Gasteiger charge is 2.34. The Bertz CT molecular complexity index is 885. The van der Waals surface area contributed by atoms with Gasteiger partial charge in [-0.3, -0.25) is 4.79 Å². The van der Waals surface area contributed by atoms with Crippen LogP contribution in [0.1, 0.15) is 54.2 Å². The van der Waals surface area contributed by atoms with Crippen LogP contribution in [0.15, 0.2) is 51.5 Å². The summed E-state index contributed by atoms with van der Waals surface area (Å²) in [6.07, 6.45) is 3.67. The molecule has 1 saturated heterocycles. The van der Waals surface area contributed by atoms with Crippen molar-refractivity contribution in [3.05, 3.63) is 59.7 Å². The maximum absolute atomic E-state index is 12.9. The Morgan fingerprint density at radius 2 is 2.04 bits per heavy atom. The predicted molar refractivity (Wildman–Crippen MR) is 95.4 cm³/mol. The zero-order valence-corrected chi connectivity index (χ0v) is 14.7. The molecule has 0 radical (unpaired) electrons. The molecule has 1 amide bonds. The van der Waals surface area contributed by atoms with E-state index in [-0.39, 0.29) is 17.7 Å². The summed E-state index contributed by atoms with van der Waals surface area (Å²) in [4.78, 5) is 14.8. The summed E-state index contributed by atoms with van der Waals surface area (Å²) in [5.41, 5.74) is 2.41. The van der Waals surface area contributed by atoms with Crippen molar-refractivity contribution in [3.63, 3.8) is 0 Å². The van der Waals surface area contributed by atoms with Crippen LogP contribution in [-0.2, 0) is 6.42 Å². The zero-order chi connectivity index (χ0) is 17.9. The van der Waals surface area contributed by atoms with Crippen molar-refractivity contribution >= 4 is 5.91 Å². The molecule has 0 spiro atoms. The van der Waals surface area contributed by atoms with Crippen LogP contribution in [0, 0.1) is 0 Å². The van der Waals surface area contributed by atoms with E-state index in [9.17, 15) is 4.79 Å². The lowest BCUT2D eigenvalue weighted by Gasteiger charge is -2.21. The molecule has 3 heterocycles. The number of rotatable bonds is 5. The van der Waals surface area contributed by atoms with Gasteiger partial charge in [-0.1, -0.05) is 47.6 Å². The molecule has 3 aromatic rings. The fourth-order valence-electron chi connectivity index (χ4n) is 3.43. The summed E-state index contributed by atoms with van der Waals surface area (Å²) in [6, 6.07) is 13.3. The van der Waals surface area contributed by atoms with Gasteiger partial charge >= 0.3 is 0 Å². The van der Waals surface area contributed by atoms with Crippen LogP contribution in [-0.4, -0.2) is 27.7 Å². The Morgan fingerprint density at radius 1 is 1.19 bits per heavy atom. The summed E-state index contributed by atoms with van der Waals surface area (Å²) >= 11 is 0. The molecule has 0 bridgehead atoms. The zero-order valence-electron chi connectivity index (χ0n) is 14.7. The number of aromatic nitrogens is 2. The van der Waals surface area contributed by atoms with Gasteiger partial charge in [-0.25, -0.2) is 0 Å². The minimum Gasteiger partial charge on any atom is -0.361 e. The fourth-order valence-corrected chi connectivity index (χ4v) is 3.43. The third-order valence-electron chi connectivity index (χ3n) is 4.72. The van der Waals surface area contributed by atoms with Crippen molar-refractivity contribution in [2.45, 2.75) is 38.6 Å². The van der Waals surface area contributed by atoms with E-state index in [0.717, 1.165) is 42.7 Å². The molecule has 2 aromatic heterocycles. The van der Waals surface area contributed by atoms with Gasteiger partial charge in [-0.2, -0.15) is 0 Å². The molecule has 134 valence electrons. The number of carbonyl (C=O) groups is 1. The van der Waals surface area contributed by atoms with Gasteiger partial charge in [0, 0.05) is 30.7 Å². The number of amides is 1. The molecule has 0 saturated carbocycles. The molecule has 1 atom stereocenters. The van der Waals surface area contributed by atoms with Gasteiger partial charge in [-0.15, -0.1) is 0 Å². The molecule has 6 heteroatoms. The molecule has 0 aliphatic carbocycles. The van der Waals surface area contributed by atoms with Crippen LogP contribution in [0.25, 0.3) is 11.3 Å². The highest BCUT2D eigenvalue weighted by molar-refractivity contribution is 5.92. The average Bonchev–Trinajstić information content (AvgIpc) is 3.42. The van der Waals surface area contributed by atoms with Gasteiger partial charge < -0.3 is 13.9 Å². The van der Waals surface area contributed by atoms with Crippen molar-refractivity contribution in [1.82, 2.24) is 15.2 Å². The van der Waals surface area contributed by atoms with Crippen molar-refractivity contribution in [2.75, 3.05) is 6.54 Å². The highest BCUT2D eigenvalue weighted by Crippen LogP contribution is 2.33. The van der Waals surface area contributed by atoms with Crippen LogP contribution in [0.3, 0.4) is 0 Å². The topological polar surface area (TPSA) is 72.4 Å². The van der Waals surface area contributed by atoms with Gasteiger partial charge in [0.25, 0.3) is 5.91 Å². The molecule has 1 fully saturated rings. The van der Waals surface area contributed by atoms with E-state index in [2.05, 4.69) is 17.2 Å². The smallest absolute Gasteiger partial charge is 0.293 e. The number of benzene rings is 1. The Labute approximate surface area is 151 Å². The Morgan fingerprint density at radius 3 is 2.85 bits per heavy atom. The number of aryl methyl sites for hydroxylation is 1. The predicted octanol–water partition coefficient (Wildman–Crippen LogP) is 4.26. The maximum Gasteiger partial charge on any atom is 0.293 e. The van der Waals surface area contributed by atoms with Crippen molar-refractivity contribution < 1.29 is 13.8 Å². The van der Waals surface area contributed by atoms with Crippen LogP contribution in [0.5, 0.6) is 0 Å². The number of carbonyl (C=O) groups excluding carboxylic acids is 1. The van der Waals surface area contributed by atoms with Crippen LogP contribution >= 0.6 is 0 Å². The molecule has 1 aromatic carbocycles. The molecule has 0 unspecified atom stereocenters. The lowest BCUT2D eigenvalue weighted by Crippen LogP contribution is -2.30. The molecule has 1 aliphatic rings. The van der Waals surface area contributed by atoms with Gasteiger partial charge in [0.1, 0.15) is 17.1 Å². The summed E-state index contributed by atoms with van der Waals surface area (Å²) in [5, 5.41) is 8.23. The van der Waals surface area contributed by atoms with Gasteiger partial charge in [0.05, 0.1) is 6.04 Å². The van der Waals surface area contributed by atoms with E-state index in [1.165, 1.54) is 0 Å². The number of hydrogen-bond donors (Lipinski definition) is 0. The van der Waals surface area contributed by atoms with E-state index in [1.54, 1.807) is 6.07 Å². The largest absolute Gasteiger partial charge is 0.361 e. The first-order chi connectivity index (χ1) is 12.8. The Hall–Kier alpha value is -2.89. The quantitative estimate of drug-likeness (QED) is 0.687. The van der Waals surface area contributed by atoms with E-state index >= 15 is 0 Å². The first-order valence-corrected chi connectivity index (χ1v) is 9.05. The van der Waals surface area contributed by atoms with E-state index in [1.807, 2.05) is 41.3 Å². The second-order valence-corrected chi connectivity index (χ2v) is 6.57. The molecule has 4 rings (SSSR count). The minimum absolute atomic E-state index is 0.0675. The van der Waals surface area contributed by atoms with Crippen molar-refractivity contribution in [1.29, 1.82) is 0 Å². The first kappa shape index (κ1) is 16.6. The summed E-state index contributed by atoms with van der Waals surface area (Å²) in [5.74, 6) is 0.975. The first-order valence-electron chi connectivity index (χ1n) is 9.05. The van der Waals surface area contributed by atoms with Gasteiger partial charge in [0.15, 0.2) is 0 Å². The monoisotopic (exact) mass is 351 g/mol. The number of hydrogen-bond acceptors (Lipinski definition) is 5. The van der Waals surface area contributed by atoms with E-state index in [0.29, 0.717) is 12.2 Å². The standard InChI is InChI=1S/C20H21N3O3/c1-2-7-15-12-17(22-25-15)18-10-6-11-23(18)20(24)19-13-16(21-26-19)14-8-4-3-5-9-14/h3-5,8-9,12-13,18H,2,6-7,10-11H2,1H3/t18-/m1/s1. The number of likely N-dealkylation sites (tertiary alicyclic amines) is 1. The molecule has 0 N–H and O–H groups in total. The van der Waals surface area contributed by atoms with Crippen LogP contribution in [0.4, 0.5) is 0 Å². The van der Waals surface area contributed by atoms with Crippen molar-refractivity contribution in [2.24, 2.45) is 0 Å². The normalized spacial score (nSPS) is 17.0. The second kappa shape index (κ2) is 7.15. The molecular formula is C20H21N3O3. The van der Waals surface area contributed by atoms with Crippen LogP contribution in [0.2, 0.25) is 0 Å². The Balaban J connectivity index is 1.54. The van der Waals surface area contributed by atoms with E-state index in [4.69, 9.17) is 9.05 Å². The third-order valence-corrected chi connectivity index (χ3v) is 4.72. The molecule has 1 aliphatic heterocycles. The highest BCUT2D eigenvalue weighted by atomic mass is 16.5. The van der Waals surface area contributed by atoms with Gasteiger partial charge in [-0.05, 0) is 19.3 Å². The molecule has 26 heavy (non-hydrogen) atoms. The average molecular weight is 351 g/mol. The lowest BCUT2D eigenvalue weighted by molar-refractivity contribution is 0.0688. The summed E-state index contributed by atoms with van der Waals surface area (Å²) in [6.45, 7) is 2.78. The van der Waals surface area contributed by atoms with Gasteiger partial charge in [0.2, 0.25) is 5.76 Å². The number of nitrogens with zero attached hydrogens (tertiary/aromatic N) is 3. The lowest BCUT2D eigenvalue weighted by atomic mass is 10.1. The second-order valence-electron chi connectivity index (χ2n) is 6.57. The van der Waals surface area contributed by atoms with Crippen molar-refractivity contribution in [3.8, 4) is 11.3 Å². The molecular weight excluding hydrogens is 330 g/mol. The summed E-state index contributed by atoms with van der Waals surface area (Å²) in [7, 11) is 0. The fraction of sp³-hybridized carbons (Fsp3) is 0.350. The summed E-state index contributed by atoms with van der Waals surface area (Å²) < 4.78 is 10.7.